The van der Waals surface area contributed by atoms with E-state index in [1.807, 2.05) is 19.1 Å². The normalized spacial score (nSPS) is 12.5. The third-order valence-corrected chi connectivity index (χ3v) is 2.12. The Hall–Kier alpha value is -1.13. The van der Waals surface area contributed by atoms with Crippen molar-refractivity contribution < 1.29 is 9.47 Å². The van der Waals surface area contributed by atoms with E-state index >= 15 is 0 Å². The largest absolute Gasteiger partial charge is 0.382 e. The van der Waals surface area contributed by atoms with E-state index in [-0.39, 0.29) is 6.10 Å². The van der Waals surface area contributed by atoms with Gasteiger partial charge in [0.05, 0.1) is 12.7 Å². The van der Waals surface area contributed by atoms with Crippen molar-refractivity contribution in [1.82, 2.24) is 4.98 Å². The van der Waals surface area contributed by atoms with Crippen LogP contribution in [0.3, 0.4) is 0 Å². The van der Waals surface area contributed by atoms with Crippen LogP contribution >= 0.6 is 0 Å². The van der Waals surface area contributed by atoms with Crippen LogP contribution in [-0.2, 0) is 9.47 Å². The molecular weight excluding hydrogens is 192 g/mol. The zero-order chi connectivity index (χ0) is 11.1. The lowest BCUT2D eigenvalue weighted by atomic mass is 10.3. The van der Waals surface area contributed by atoms with Gasteiger partial charge in [0.2, 0.25) is 0 Å². The topological polar surface area (TPSA) is 43.4 Å². The van der Waals surface area contributed by atoms with Gasteiger partial charge in [-0.3, -0.25) is 4.98 Å². The maximum Gasteiger partial charge on any atom is 0.0976 e. The molecule has 1 unspecified atom stereocenters. The molecule has 0 bridgehead atoms. The lowest BCUT2D eigenvalue weighted by molar-refractivity contribution is 0.0365. The average Bonchev–Trinajstić information content (AvgIpc) is 2.24. The van der Waals surface area contributed by atoms with Crippen molar-refractivity contribution >= 4 is 5.69 Å². The Morgan fingerprint density at radius 2 is 2.27 bits per heavy atom. The fourth-order valence-corrected chi connectivity index (χ4v) is 1.28. The zero-order valence-electron chi connectivity index (χ0n) is 9.49. The first-order valence-electron chi connectivity index (χ1n) is 4.94. The summed E-state index contributed by atoms with van der Waals surface area (Å²) in [5, 5.41) is 3.28. The molecule has 1 N–H and O–H groups in total. The number of hydrogen-bond donors (Lipinski definition) is 1. The van der Waals surface area contributed by atoms with Crippen LogP contribution in [0, 0.1) is 6.92 Å². The third-order valence-electron chi connectivity index (χ3n) is 2.12. The van der Waals surface area contributed by atoms with Crippen molar-refractivity contribution in [2.24, 2.45) is 0 Å². The van der Waals surface area contributed by atoms with Gasteiger partial charge in [-0.2, -0.15) is 0 Å². The number of aromatic nitrogens is 1. The van der Waals surface area contributed by atoms with E-state index in [1.54, 1.807) is 20.4 Å². The molecule has 0 amide bonds. The summed E-state index contributed by atoms with van der Waals surface area (Å²) >= 11 is 0. The number of pyridine rings is 1. The Kier molecular flexibility index (Phi) is 5.07. The van der Waals surface area contributed by atoms with Crippen molar-refractivity contribution in [2.75, 3.05) is 32.7 Å². The number of nitrogens with one attached hydrogen (secondary N) is 1. The zero-order valence-corrected chi connectivity index (χ0v) is 9.49. The summed E-state index contributed by atoms with van der Waals surface area (Å²) in [6.45, 7) is 3.29. The molecule has 0 saturated carbocycles. The summed E-state index contributed by atoms with van der Waals surface area (Å²) in [6.07, 6.45) is 1.86. The molecule has 1 rings (SSSR count). The summed E-state index contributed by atoms with van der Waals surface area (Å²) in [5.41, 5.74) is 2.06. The van der Waals surface area contributed by atoms with Gasteiger partial charge in [0.15, 0.2) is 0 Å². The van der Waals surface area contributed by atoms with E-state index in [2.05, 4.69) is 10.3 Å². The predicted molar refractivity (Wildman–Crippen MR) is 60.1 cm³/mol. The van der Waals surface area contributed by atoms with Crippen molar-refractivity contribution in [3.63, 3.8) is 0 Å². The van der Waals surface area contributed by atoms with E-state index in [9.17, 15) is 0 Å². The SMILES string of the molecule is COCC(CNc1ccnc(C)c1)OC. The molecule has 4 nitrogen and oxygen atoms in total. The number of ether oxygens (including phenoxy) is 2. The molecule has 84 valence electrons. The van der Waals surface area contributed by atoms with E-state index in [0.29, 0.717) is 6.61 Å². The number of methoxy groups -OCH3 is 2. The number of nitrogens with zero attached hydrogens (tertiary/aromatic N) is 1. The number of aryl methyl sites for hydroxylation is 1. The molecule has 1 aromatic rings. The highest BCUT2D eigenvalue weighted by atomic mass is 16.5. The molecule has 1 heterocycles. The van der Waals surface area contributed by atoms with Gasteiger partial charge in [0, 0.05) is 38.3 Å². The molecule has 15 heavy (non-hydrogen) atoms. The quantitative estimate of drug-likeness (QED) is 0.772. The van der Waals surface area contributed by atoms with Crippen LogP contribution in [-0.4, -0.2) is 38.5 Å². The van der Waals surface area contributed by atoms with Crippen LogP contribution in [0.25, 0.3) is 0 Å². The molecule has 0 aromatic carbocycles. The second-order valence-corrected chi connectivity index (χ2v) is 3.38. The van der Waals surface area contributed by atoms with Crippen LogP contribution in [0.15, 0.2) is 18.3 Å². The Bertz CT molecular complexity index is 292. The van der Waals surface area contributed by atoms with E-state index in [0.717, 1.165) is 17.9 Å². The summed E-state index contributed by atoms with van der Waals surface area (Å²) in [4.78, 5) is 4.13. The van der Waals surface area contributed by atoms with Crippen molar-refractivity contribution in [2.45, 2.75) is 13.0 Å². The predicted octanol–water partition coefficient (Wildman–Crippen LogP) is 1.46. The van der Waals surface area contributed by atoms with Crippen molar-refractivity contribution in [3.05, 3.63) is 24.0 Å². The van der Waals surface area contributed by atoms with Gasteiger partial charge < -0.3 is 14.8 Å². The summed E-state index contributed by atoms with van der Waals surface area (Å²) in [5.74, 6) is 0. The lowest BCUT2D eigenvalue weighted by Crippen LogP contribution is -2.26. The molecule has 0 aliphatic heterocycles. The molecule has 0 aliphatic carbocycles. The summed E-state index contributed by atoms with van der Waals surface area (Å²) in [6, 6.07) is 3.94. The fraction of sp³-hybridized carbons (Fsp3) is 0.545. The van der Waals surface area contributed by atoms with Gasteiger partial charge in [-0.15, -0.1) is 0 Å². The highest BCUT2D eigenvalue weighted by Gasteiger charge is 2.05. The molecule has 0 spiro atoms. The molecule has 1 aromatic heterocycles. The van der Waals surface area contributed by atoms with Crippen LogP contribution in [0.4, 0.5) is 5.69 Å². The van der Waals surface area contributed by atoms with Crippen LogP contribution in [0.2, 0.25) is 0 Å². The number of hydrogen-bond acceptors (Lipinski definition) is 4. The lowest BCUT2D eigenvalue weighted by Gasteiger charge is -2.15. The number of rotatable bonds is 6. The van der Waals surface area contributed by atoms with Crippen LogP contribution in [0.1, 0.15) is 5.69 Å². The molecule has 1 atom stereocenters. The first-order chi connectivity index (χ1) is 7.26. The Balaban J connectivity index is 2.41. The molecule has 0 radical (unpaired) electrons. The Morgan fingerprint density at radius 3 is 2.87 bits per heavy atom. The van der Waals surface area contributed by atoms with Crippen molar-refractivity contribution in [3.8, 4) is 0 Å². The maximum absolute atomic E-state index is 5.24. The monoisotopic (exact) mass is 210 g/mol. The Morgan fingerprint density at radius 1 is 1.47 bits per heavy atom. The second-order valence-electron chi connectivity index (χ2n) is 3.38. The maximum atomic E-state index is 5.24. The van der Waals surface area contributed by atoms with Gasteiger partial charge in [0.1, 0.15) is 0 Å². The van der Waals surface area contributed by atoms with E-state index in [4.69, 9.17) is 9.47 Å². The van der Waals surface area contributed by atoms with Gasteiger partial charge in [-0.1, -0.05) is 0 Å². The molecule has 4 heteroatoms. The highest BCUT2D eigenvalue weighted by Crippen LogP contribution is 2.07. The minimum Gasteiger partial charge on any atom is -0.382 e. The number of anilines is 1. The van der Waals surface area contributed by atoms with Gasteiger partial charge in [-0.25, -0.2) is 0 Å². The molecule has 0 saturated heterocycles. The van der Waals surface area contributed by atoms with Crippen LogP contribution < -0.4 is 5.32 Å². The van der Waals surface area contributed by atoms with E-state index in [1.165, 1.54) is 0 Å². The Labute approximate surface area is 90.6 Å². The first kappa shape index (κ1) is 11.9. The highest BCUT2D eigenvalue weighted by molar-refractivity contribution is 5.42. The van der Waals surface area contributed by atoms with E-state index < -0.39 is 0 Å². The average molecular weight is 210 g/mol. The van der Waals surface area contributed by atoms with Crippen molar-refractivity contribution in [1.29, 1.82) is 0 Å². The minimum absolute atomic E-state index is 0.0727. The first-order valence-corrected chi connectivity index (χ1v) is 4.94. The standard InChI is InChI=1S/C11H18N2O2/c1-9-6-10(4-5-12-9)13-7-11(15-3)8-14-2/h4-6,11H,7-8H2,1-3H3,(H,12,13). The van der Waals surface area contributed by atoms with Gasteiger partial charge in [0.25, 0.3) is 0 Å². The van der Waals surface area contributed by atoms with Gasteiger partial charge >= 0.3 is 0 Å². The fourth-order valence-electron chi connectivity index (χ4n) is 1.28. The minimum atomic E-state index is 0.0727. The second kappa shape index (κ2) is 6.37. The van der Waals surface area contributed by atoms with Gasteiger partial charge in [-0.05, 0) is 19.1 Å². The summed E-state index contributed by atoms with van der Waals surface area (Å²) in [7, 11) is 3.35. The molecular formula is C11H18N2O2. The molecule has 0 fully saturated rings. The third kappa shape index (κ3) is 4.27. The molecule has 0 aliphatic rings. The smallest absolute Gasteiger partial charge is 0.0976 e. The van der Waals surface area contributed by atoms with Crippen LogP contribution in [0.5, 0.6) is 0 Å². The summed E-state index contributed by atoms with van der Waals surface area (Å²) < 4.78 is 10.3.